The average molecular weight is 249 g/mol. The third-order valence-corrected chi connectivity index (χ3v) is 3.65. The Morgan fingerprint density at radius 3 is 2.83 bits per heavy atom. The van der Waals surface area contributed by atoms with Crippen LogP contribution < -0.4 is 15.8 Å². The summed E-state index contributed by atoms with van der Waals surface area (Å²) in [7, 11) is 3.84. The molecule has 4 nitrogen and oxygen atoms in total. The van der Waals surface area contributed by atoms with E-state index in [-0.39, 0.29) is 0 Å². The van der Waals surface area contributed by atoms with Crippen molar-refractivity contribution < 1.29 is 4.74 Å². The van der Waals surface area contributed by atoms with Crippen LogP contribution in [0, 0.1) is 0 Å². The fraction of sp³-hybridized carbons (Fsp3) is 0.571. The summed E-state index contributed by atoms with van der Waals surface area (Å²) in [5, 5.41) is 3.43. The molecule has 0 bridgehead atoms. The lowest BCUT2D eigenvalue weighted by Crippen LogP contribution is -2.36. The van der Waals surface area contributed by atoms with Crippen molar-refractivity contribution in [2.24, 2.45) is 0 Å². The van der Waals surface area contributed by atoms with Gasteiger partial charge in [-0.3, -0.25) is 4.90 Å². The number of nitrogen functional groups attached to an aromatic ring is 1. The number of nitrogens with one attached hydrogen (secondary N) is 1. The summed E-state index contributed by atoms with van der Waals surface area (Å²) in [5.41, 5.74) is 7.52. The number of hydrogen-bond donors (Lipinski definition) is 2. The van der Waals surface area contributed by atoms with Crippen LogP contribution in [-0.2, 0) is 0 Å². The molecule has 1 aromatic carbocycles. The lowest BCUT2D eigenvalue weighted by atomic mass is 10.2. The highest BCUT2D eigenvalue weighted by molar-refractivity contribution is 5.61. The molecule has 1 aliphatic rings. The second-order valence-electron chi connectivity index (χ2n) is 5.08. The second kappa shape index (κ2) is 5.48. The maximum absolute atomic E-state index is 5.79. The smallest absolute Gasteiger partial charge is 0.143 e. The van der Waals surface area contributed by atoms with Gasteiger partial charge in [0, 0.05) is 30.4 Å². The fourth-order valence-electron chi connectivity index (χ4n) is 2.07. The third-order valence-electron chi connectivity index (χ3n) is 3.65. The van der Waals surface area contributed by atoms with Gasteiger partial charge in [0.25, 0.3) is 0 Å². The van der Waals surface area contributed by atoms with E-state index in [0.29, 0.717) is 11.7 Å². The molecule has 0 radical (unpaired) electrons. The molecule has 1 saturated carbocycles. The number of benzene rings is 1. The van der Waals surface area contributed by atoms with Gasteiger partial charge in [0.2, 0.25) is 0 Å². The zero-order valence-corrected chi connectivity index (χ0v) is 11.4. The number of rotatable bonds is 6. The monoisotopic (exact) mass is 249 g/mol. The average Bonchev–Trinajstić information content (AvgIpc) is 3.20. The first-order valence-corrected chi connectivity index (χ1v) is 6.51. The Morgan fingerprint density at radius 1 is 1.50 bits per heavy atom. The minimum absolute atomic E-state index is 0.529. The van der Waals surface area contributed by atoms with Crippen LogP contribution in [0.5, 0.6) is 5.75 Å². The number of anilines is 2. The van der Waals surface area contributed by atoms with E-state index in [1.54, 1.807) is 7.11 Å². The Bertz CT molecular complexity index is 404. The highest BCUT2D eigenvalue weighted by atomic mass is 16.5. The van der Waals surface area contributed by atoms with Crippen molar-refractivity contribution in [3.8, 4) is 5.75 Å². The number of nitrogens with zero attached hydrogens (tertiary/aromatic N) is 1. The molecule has 4 heteroatoms. The van der Waals surface area contributed by atoms with Gasteiger partial charge >= 0.3 is 0 Å². The van der Waals surface area contributed by atoms with Crippen LogP contribution in [-0.4, -0.2) is 37.7 Å². The minimum Gasteiger partial charge on any atom is -0.495 e. The molecule has 0 spiro atoms. The molecule has 0 saturated heterocycles. The van der Waals surface area contributed by atoms with Gasteiger partial charge in [-0.05, 0) is 38.9 Å². The van der Waals surface area contributed by atoms with Crippen LogP contribution in [0.3, 0.4) is 0 Å². The summed E-state index contributed by atoms with van der Waals surface area (Å²) in [6.07, 6.45) is 2.69. The van der Waals surface area contributed by atoms with Gasteiger partial charge in [0.05, 0.1) is 12.8 Å². The van der Waals surface area contributed by atoms with Crippen molar-refractivity contribution in [3.63, 3.8) is 0 Å². The van der Waals surface area contributed by atoms with Crippen LogP contribution in [0.2, 0.25) is 0 Å². The van der Waals surface area contributed by atoms with E-state index in [2.05, 4.69) is 24.2 Å². The van der Waals surface area contributed by atoms with Gasteiger partial charge in [-0.25, -0.2) is 0 Å². The zero-order valence-electron chi connectivity index (χ0n) is 11.4. The van der Waals surface area contributed by atoms with Gasteiger partial charge in [0.1, 0.15) is 5.75 Å². The maximum Gasteiger partial charge on any atom is 0.143 e. The molecule has 3 N–H and O–H groups in total. The maximum atomic E-state index is 5.79. The molecular weight excluding hydrogens is 226 g/mol. The predicted octanol–water partition coefficient (Wildman–Crippen LogP) is 2.17. The van der Waals surface area contributed by atoms with Gasteiger partial charge in [-0.15, -0.1) is 0 Å². The van der Waals surface area contributed by atoms with Gasteiger partial charge in [-0.1, -0.05) is 0 Å². The predicted molar refractivity (Wildman–Crippen MR) is 76.1 cm³/mol. The number of likely N-dealkylation sites (N-methyl/N-ethyl adjacent to an activating group) is 1. The number of methoxy groups -OCH3 is 1. The fourth-order valence-corrected chi connectivity index (χ4v) is 2.07. The summed E-state index contributed by atoms with van der Waals surface area (Å²) in [4.78, 5) is 2.45. The number of nitrogens with two attached hydrogens (primary N) is 1. The Balaban J connectivity index is 1.89. The first-order chi connectivity index (χ1) is 8.61. The van der Waals surface area contributed by atoms with E-state index in [0.717, 1.165) is 24.0 Å². The molecule has 0 aliphatic heterocycles. The summed E-state index contributed by atoms with van der Waals surface area (Å²) < 4.78 is 5.21. The third kappa shape index (κ3) is 3.07. The van der Waals surface area contributed by atoms with Crippen molar-refractivity contribution in [1.82, 2.24) is 4.90 Å². The summed E-state index contributed by atoms with van der Waals surface area (Å²) >= 11 is 0. The molecule has 1 fully saturated rings. The lowest BCUT2D eigenvalue weighted by Gasteiger charge is -2.25. The summed E-state index contributed by atoms with van der Waals surface area (Å²) in [6, 6.07) is 7.13. The van der Waals surface area contributed by atoms with Crippen LogP contribution in [0.1, 0.15) is 19.8 Å². The van der Waals surface area contributed by atoms with E-state index in [1.807, 2.05) is 18.2 Å². The molecule has 0 heterocycles. The molecule has 0 amide bonds. The largest absolute Gasteiger partial charge is 0.495 e. The topological polar surface area (TPSA) is 50.5 Å². The van der Waals surface area contributed by atoms with Crippen LogP contribution in [0.4, 0.5) is 11.4 Å². The quantitative estimate of drug-likeness (QED) is 0.759. The highest BCUT2D eigenvalue weighted by Gasteiger charge is 2.28. The number of ether oxygens (including phenoxy) is 1. The van der Waals surface area contributed by atoms with Crippen molar-refractivity contribution in [3.05, 3.63) is 18.2 Å². The van der Waals surface area contributed by atoms with Crippen LogP contribution in [0.15, 0.2) is 18.2 Å². The van der Waals surface area contributed by atoms with Crippen molar-refractivity contribution in [1.29, 1.82) is 0 Å². The van der Waals surface area contributed by atoms with E-state index < -0.39 is 0 Å². The molecule has 1 aliphatic carbocycles. The minimum atomic E-state index is 0.529. The number of hydrogen-bond acceptors (Lipinski definition) is 4. The Morgan fingerprint density at radius 2 is 2.22 bits per heavy atom. The highest BCUT2D eigenvalue weighted by Crippen LogP contribution is 2.28. The van der Waals surface area contributed by atoms with Gasteiger partial charge < -0.3 is 15.8 Å². The molecule has 18 heavy (non-hydrogen) atoms. The van der Waals surface area contributed by atoms with Gasteiger partial charge in [0.15, 0.2) is 0 Å². The molecule has 1 unspecified atom stereocenters. The molecule has 2 rings (SSSR count). The van der Waals surface area contributed by atoms with Crippen LogP contribution in [0.25, 0.3) is 0 Å². The second-order valence-corrected chi connectivity index (χ2v) is 5.08. The first kappa shape index (κ1) is 13.0. The molecule has 1 atom stereocenters. The van der Waals surface area contributed by atoms with Crippen molar-refractivity contribution in [2.45, 2.75) is 31.8 Å². The van der Waals surface area contributed by atoms with E-state index in [4.69, 9.17) is 10.5 Å². The summed E-state index contributed by atoms with van der Waals surface area (Å²) in [5.74, 6) is 0.725. The Kier molecular flexibility index (Phi) is 3.97. The van der Waals surface area contributed by atoms with Crippen LogP contribution >= 0.6 is 0 Å². The van der Waals surface area contributed by atoms with Crippen molar-refractivity contribution in [2.75, 3.05) is 31.8 Å². The lowest BCUT2D eigenvalue weighted by molar-refractivity contribution is 0.257. The van der Waals surface area contributed by atoms with Gasteiger partial charge in [-0.2, -0.15) is 0 Å². The molecule has 100 valence electrons. The van der Waals surface area contributed by atoms with E-state index >= 15 is 0 Å². The molecular formula is C14H23N3O. The van der Waals surface area contributed by atoms with Crippen molar-refractivity contribution >= 4 is 11.4 Å². The SMILES string of the molecule is COc1cc(NCC(C)N(C)C2CC2)ccc1N. The Labute approximate surface area is 109 Å². The summed E-state index contributed by atoms with van der Waals surface area (Å²) in [6.45, 7) is 3.18. The first-order valence-electron chi connectivity index (χ1n) is 6.51. The van der Waals surface area contributed by atoms with E-state index in [9.17, 15) is 0 Å². The van der Waals surface area contributed by atoms with E-state index in [1.165, 1.54) is 12.8 Å². The standard InChI is InChI=1S/C14H23N3O/c1-10(17(2)12-5-6-12)9-16-11-4-7-13(15)14(8-11)18-3/h4,7-8,10,12,16H,5-6,9,15H2,1-3H3. The molecule has 1 aromatic rings. The Hall–Kier alpha value is -1.42. The molecule has 0 aromatic heterocycles. The zero-order chi connectivity index (χ0) is 13.1. The normalized spacial score (nSPS) is 16.7.